The summed E-state index contributed by atoms with van der Waals surface area (Å²) in [6, 6.07) is 9.77. The van der Waals surface area contributed by atoms with Crippen LogP contribution in [0.1, 0.15) is 24.1 Å². The van der Waals surface area contributed by atoms with Crippen LogP contribution >= 0.6 is 12.2 Å². The number of ether oxygens (including phenoxy) is 2. The van der Waals surface area contributed by atoms with E-state index in [0.717, 1.165) is 0 Å². The van der Waals surface area contributed by atoms with Crippen LogP contribution in [0.2, 0.25) is 0 Å². The summed E-state index contributed by atoms with van der Waals surface area (Å²) in [4.78, 5) is 25.3. The second-order valence-electron chi connectivity index (χ2n) is 7.13. The molecule has 3 rings (SSSR count). The van der Waals surface area contributed by atoms with Gasteiger partial charge in [0.1, 0.15) is 12.4 Å². The molecule has 0 amide bonds. The number of hydrogen-bond acceptors (Lipinski definition) is 6. The van der Waals surface area contributed by atoms with Crippen LogP contribution in [0.4, 0.5) is 15.8 Å². The topological polar surface area (TPSA) is 93.9 Å². The summed E-state index contributed by atoms with van der Waals surface area (Å²) < 4.78 is 24.5. The zero-order valence-electron chi connectivity index (χ0n) is 17.8. The van der Waals surface area contributed by atoms with Crippen molar-refractivity contribution in [2.24, 2.45) is 0 Å². The molecule has 0 saturated heterocycles. The molecule has 168 valence electrons. The van der Waals surface area contributed by atoms with Crippen LogP contribution < -0.4 is 10.2 Å². The van der Waals surface area contributed by atoms with E-state index in [-0.39, 0.29) is 29.6 Å². The molecule has 32 heavy (non-hydrogen) atoms. The second-order valence-corrected chi connectivity index (χ2v) is 7.52. The normalized spacial score (nSPS) is 16.1. The van der Waals surface area contributed by atoms with Crippen molar-refractivity contribution in [3.05, 3.63) is 80.8 Å². The highest BCUT2D eigenvalue weighted by molar-refractivity contribution is 7.80. The molecule has 1 aliphatic rings. The number of allylic oxidation sites excluding steroid dienone is 1. The van der Waals surface area contributed by atoms with Crippen molar-refractivity contribution in [1.29, 1.82) is 0 Å². The van der Waals surface area contributed by atoms with Crippen LogP contribution in [0.5, 0.6) is 0 Å². The van der Waals surface area contributed by atoms with Crippen LogP contribution in [0, 0.1) is 22.9 Å². The number of nitrogens with one attached hydrogen (secondary N) is 1. The van der Waals surface area contributed by atoms with Crippen LogP contribution in [-0.2, 0) is 14.3 Å². The largest absolute Gasteiger partial charge is 0.460 e. The first-order chi connectivity index (χ1) is 15.2. The Morgan fingerprint density at radius 1 is 1.25 bits per heavy atom. The van der Waals surface area contributed by atoms with Gasteiger partial charge in [-0.3, -0.25) is 15.0 Å². The number of nitrogens with zero attached hydrogens (tertiary/aromatic N) is 2. The number of anilines is 1. The van der Waals surface area contributed by atoms with Gasteiger partial charge in [-0.05, 0) is 49.3 Å². The van der Waals surface area contributed by atoms with E-state index in [2.05, 4.69) is 5.32 Å². The molecular formula is C22H22FN3O5S. The van der Waals surface area contributed by atoms with Crippen molar-refractivity contribution < 1.29 is 23.6 Å². The Balaban J connectivity index is 2.11. The summed E-state index contributed by atoms with van der Waals surface area (Å²) in [5, 5.41) is 14.5. The minimum absolute atomic E-state index is 0.0252. The Hall–Kier alpha value is -3.37. The molecule has 0 spiro atoms. The Morgan fingerprint density at radius 3 is 2.66 bits per heavy atom. The van der Waals surface area contributed by atoms with Gasteiger partial charge in [-0.15, -0.1) is 0 Å². The van der Waals surface area contributed by atoms with Crippen molar-refractivity contribution in [3.8, 4) is 0 Å². The molecule has 1 unspecified atom stereocenters. The number of carbonyl (C=O) groups is 1. The van der Waals surface area contributed by atoms with Gasteiger partial charge < -0.3 is 14.8 Å². The summed E-state index contributed by atoms with van der Waals surface area (Å²) in [5.41, 5.74) is 1.88. The van der Waals surface area contributed by atoms with E-state index in [1.165, 1.54) is 31.4 Å². The number of nitro groups is 1. The molecular weight excluding hydrogens is 437 g/mol. The van der Waals surface area contributed by atoms with Crippen molar-refractivity contribution in [1.82, 2.24) is 5.32 Å². The fourth-order valence-corrected chi connectivity index (χ4v) is 3.76. The van der Waals surface area contributed by atoms with E-state index >= 15 is 0 Å². The molecule has 1 N–H and O–H groups in total. The fraction of sp³-hybridized carbons (Fsp3) is 0.273. The molecule has 0 fully saturated rings. The quantitative estimate of drug-likeness (QED) is 0.219. The maximum atomic E-state index is 14.2. The number of hydrogen-bond donors (Lipinski definition) is 1. The minimum Gasteiger partial charge on any atom is -0.460 e. The third-order valence-electron chi connectivity index (χ3n) is 5.05. The summed E-state index contributed by atoms with van der Waals surface area (Å²) in [6.45, 7) is 3.54. The number of rotatable bonds is 7. The number of thiocarbonyl (C=S) groups is 1. The molecule has 2 aromatic carbocycles. The molecule has 0 bridgehead atoms. The van der Waals surface area contributed by atoms with Crippen LogP contribution in [0.15, 0.2) is 53.7 Å². The predicted octanol–water partition coefficient (Wildman–Crippen LogP) is 3.94. The standard InChI is InChI=1S/C22H22FN3O5S/c1-13-7-8-16(12-18(13)23)25-14(2)19(21(27)31-10-9-30-3)20(24-22(25)32)15-5-4-6-17(11-15)26(28)29/h4-8,11-12,20H,9-10H2,1-3H3,(H,24,32). The SMILES string of the molecule is COCCOC(=O)C1=C(C)N(c2ccc(C)c(F)c2)C(=S)NC1c1cccc([N+](=O)[O-])c1. The average Bonchev–Trinajstić information content (AvgIpc) is 2.76. The number of nitro benzene ring substituents is 1. The maximum Gasteiger partial charge on any atom is 0.338 e. The first-order valence-electron chi connectivity index (χ1n) is 9.72. The highest BCUT2D eigenvalue weighted by Gasteiger charge is 2.36. The lowest BCUT2D eigenvalue weighted by molar-refractivity contribution is -0.384. The molecule has 10 heteroatoms. The van der Waals surface area contributed by atoms with Gasteiger partial charge in [0.2, 0.25) is 0 Å². The number of aryl methyl sites for hydroxylation is 1. The van der Waals surface area contributed by atoms with Gasteiger partial charge in [0.05, 0.1) is 28.8 Å². The van der Waals surface area contributed by atoms with E-state index in [4.69, 9.17) is 21.7 Å². The lowest BCUT2D eigenvalue weighted by Gasteiger charge is -2.37. The maximum absolute atomic E-state index is 14.2. The lowest BCUT2D eigenvalue weighted by atomic mass is 9.94. The van der Waals surface area contributed by atoms with Crippen molar-refractivity contribution in [2.45, 2.75) is 19.9 Å². The van der Waals surface area contributed by atoms with E-state index < -0.39 is 22.8 Å². The zero-order valence-corrected chi connectivity index (χ0v) is 18.6. The van der Waals surface area contributed by atoms with Gasteiger partial charge in [0, 0.05) is 24.9 Å². The molecule has 0 saturated carbocycles. The molecule has 8 nitrogen and oxygen atoms in total. The number of carbonyl (C=O) groups excluding carboxylic acids is 1. The zero-order chi connectivity index (χ0) is 23.4. The van der Waals surface area contributed by atoms with Gasteiger partial charge in [-0.1, -0.05) is 18.2 Å². The summed E-state index contributed by atoms with van der Waals surface area (Å²) >= 11 is 5.52. The lowest BCUT2D eigenvalue weighted by Crippen LogP contribution is -2.48. The number of methoxy groups -OCH3 is 1. The smallest absolute Gasteiger partial charge is 0.338 e. The van der Waals surface area contributed by atoms with Crippen molar-refractivity contribution in [3.63, 3.8) is 0 Å². The molecule has 1 atom stereocenters. The van der Waals surface area contributed by atoms with Gasteiger partial charge in [-0.25, -0.2) is 9.18 Å². The highest BCUT2D eigenvalue weighted by Crippen LogP contribution is 2.35. The molecule has 0 radical (unpaired) electrons. The highest BCUT2D eigenvalue weighted by atomic mass is 32.1. The van der Waals surface area contributed by atoms with Crippen molar-refractivity contribution >= 4 is 34.7 Å². The first-order valence-corrected chi connectivity index (χ1v) is 10.1. The van der Waals surface area contributed by atoms with Gasteiger partial charge in [-0.2, -0.15) is 0 Å². The Kier molecular flexibility index (Phi) is 7.16. The van der Waals surface area contributed by atoms with Crippen LogP contribution in [0.25, 0.3) is 0 Å². The van der Waals surface area contributed by atoms with Gasteiger partial charge in [0.15, 0.2) is 5.11 Å². The fourth-order valence-electron chi connectivity index (χ4n) is 3.40. The van der Waals surface area contributed by atoms with Gasteiger partial charge >= 0.3 is 5.97 Å². The Morgan fingerprint density at radius 2 is 2.00 bits per heavy atom. The minimum atomic E-state index is -0.788. The summed E-state index contributed by atoms with van der Waals surface area (Å²) in [7, 11) is 1.48. The molecule has 1 heterocycles. The number of halogens is 1. The molecule has 0 aromatic heterocycles. The predicted molar refractivity (Wildman–Crippen MR) is 121 cm³/mol. The Labute approximate surface area is 189 Å². The molecule has 0 aliphatic carbocycles. The Bertz CT molecular complexity index is 1100. The van der Waals surface area contributed by atoms with E-state index in [0.29, 0.717) is 22.5 Å². The summed E-state index contributed by atoms with van der Waals surface area (Å²) in [6.07, 6.45) is 0. The molecule has 1 aliphatic heterocycles. The van der Waals surface area contributed by atoms with E-state index in [1.807, 2.05) is 0 Å². The number of benzene rings is 2. The average molecular weight is 459 g/mol. The van der Waals surface area contributed by atoms with E-state index in [9.17, 15) is 19.3 Å². The monoisotopic (exact) mass is 459 g/mol. The first kappa shape index (κ1) is 23.3. The second kappa shape index (κ2) is 9.84. The van der Waals surface area contributed by atoms with E-state index in [1.54, 1.807) is 36.9 Å². The summed E-state index contributed by atoms with van der Waals surface area (Å²) in [5.74, 6) is -1.05. The molecule has 2 aromatic rings. The third-order valence-corrected chi connectivity index (χ3v) is 5.35. The number of non-ortho nitro benzene ring substituents is 1. The third kappa shape index (κ3) is 4.76. The van der Waals surface area contributed by atoms with Crippen LogP contribution in [-0.4, -0.2) is 36.3 Å². The number of esters is 1. The van der Waals surface area contributed by atoms with Gasteiger partial charge in [0.25, 0.3) is 5.69 Å². The van der Waals surface area contributed by atoms with Crippen molar-refractivity contribution in [2.75, 3.05) is 25.2 Å². The van der Waals surface area contributed by atoms with Crippen LogP contribution in [0.3, 0.4) is 0 Å².